The monoisotopic (exact) mass is 159 g/mol. The highest BCUT2D eigenvalue weighted by atomic mass is 14.4. The molecule has 12 heavy (non-hydrogen) atoms. The number of benzene rings is 1. The Bertz CT molecular complexity index is 311. The van der Waals surface area contributed by atoms with E-state index < -0.39 is 0 Å². The van der Waals surface area contributed by atoms with Crippen LogP contribution in [0, 0.1) is 12.3 Å². The van der Waals surface area contributed by atoms with E-state index >= 15 is 0 Å². The molecule has 0 saturated carbocycles. The maximum atomic E-state index is 7.64. The molecule has 1 heteroatoms. The molecule has 0 amide bonds. The second kappa shape index (κ2) is 3.86. The van der Waals surface area contributed by atoms with E-state index in [1.807, 2.05) is 44.2 Å². The third-order valence-corrected chi connectivity index (χ3v) is 1.66. The third kappa shape index (κ3) is 2.06. The molecule has 0 aromatic heterocycles. The predicted molar refractivity (Wildman–Crippen MR) is 52.8 cm³/mol. The lowest BCUT2D eigenvalue weighted by Crippen LogP contribution is -1.93. The van der Waals surface area contributed by atoms with Crippen molar-refractivity contribution in [2.24, 2.45) is 0 Å². The van der Waals surface area contributed by atoms with Gasteiger partial charge in [0.15, 0.2) is 0 Å². The number of rotatable bonds is 2. The summed E-state index contributed by atoms with van der Waals surface area (Å²) in [5.41, 5.74) is 2.75. The zero-order valence-corrected chi connectivity index (χ0v) is 7.46. The van der Waals surface area contributed by atoms with E-state index in [0.717, 1.165) is 5.56 Å². The number of hydrogen-bond donors (Lipinski definition) is 1. The van der Waals surface area contributed by atoms with E-state index in [1.165, 1.54) is 5.56 Å². The Balaban J connectivity index is 2.96. The van der Waals surface area contributed by atoms with E-state index in [9.17, 15) is 0 Å². The summed E-state index contributed by atoms with van der Waals surface area (Å²) in [4.78, 5) is 0. The van der Waals surface area contributed by atoms with Crippen LogP contribution >= 0.6 is 0 Å². The van der Waals surface area contributed by atoms with Crippen molar-refractivity contribution in [1.29, 1.82) is 5.41 Å². The molecule has 0 bridgehead atoms. The van der Waals surface area contributed by atoms with Crippen molar-refractivity contribution in [3.63, 3.8) is 0 Å². The van der Waals surface area contributed by atoms with Gasteiger partial charge >= 0.3 is 0 Å². The Morgan fingerprint density at radius 1 is 1.42 bits per heavy atom. The number of nitrogens with one attached hydrogen (secondary N) is 1. The summed E-state index contributed by atoms with van der Waals surface area (Å²) in [5, 5.41) is 7.64. The van der Waals surface area contributed by atoms with Gasteiger partial charge in [-0.1, -0.05) is 29.8 Å². The van der Waals surface area contributed by atoms with Crippen LogP contribution in [-0.2, 0) is 0 Å². The van der Waals surface area contributed by atoms with Crippen LogP contribution in [0.1, 0.15) is 18.1 Å². The molecule has 1 aromatic rings. The average Bonchev–Trinajstić information content (AvgIpc) is 2.05. The second-order valence-electron chi connectivity index (χ2n) is 2.78. The highest BCUT2D eigenvalue weighted by Gasteiger charge is 1.95. The van der Waals surface area contributed by atoms with Crippen molar-refractivity contribution < 1.29 is 0 Å². The van der Waals surface area contributed by atoms with Gasteiger partial charge in [-0.3, -0.25) is 0 Å². The summed E-state index contributed by atoms with van der Waals surface area (Å²) < 4.78 is 0. The largest absolute Gasteiger partial charge is 0.300 e. The van der Waals surface area contributed by atoms with Crippen LogP contribution in [0.15, 0.2) is 36.4 Å². The second-order valence-corrected chi connectivity index (χ2v) is 2.78. The Morgan fingerprint density at radius 2 is 2.17 bits per heavy atom. The summed E-state index contributed by atoms with van der Waals surface area (Å²) >= 11 is 0. The van der Waals surface area contributed by atoms with E-state index in [4.69, 9.17) is 5.41 Å². The van der Waals surface area contributed by atoms with Gasteiger partial charge < -0.3 is 5.41 Å². The molecule has 62 valence electrons. The molecule has 1 rings (SSSR count). The number of hydrogen-bond acceptors (Lipinski definition) is 1. The Labute approximate surface area is 73.3 Å². The van der Waals surface area contributed by atoms with Gasteiger partial charge in [-0.05, 0) is 31.6 Å². The van der Waals surface area contributed by atoms with Crippen molar-refractivity contribution in [2.75, 3.05) is 0 Å². The molecule has 0 aliphatic rings. The quantitative estimate of drug-likeness (QED) is 0.641. The first-order valence-corrected chi connectivity index (χ1v) is 4.02. The summed E-state index contributed by atoms with van der Waals surface area (Å²) in [6.07, 6.45) is 3.68. The summed E-state index contributed by atoms with van der Waals surface area (Å²) in [6.45, 7) is 3.96. The molecule has 0 fully saturated rings. The molecule has 0 aliphatic heterocycles. The average molecular weight is 159 g/mol. The zero-order valence-electron chi connectivity index (χ0n) is 7.46. The summed E-state index contributed by atoms with van der Waals surface area (Å²) in [6, 6.07) is 7.98. The SMILES string of the molecule is C/C=C\C(=N)c1cccc(C)c1. The van der Waals surface area contributed by atoms with Crippen molar-refractivity contribution in [1.82, 2.24) is 0 Å². The first-order valence-electron chi connectivity index (χ1n) is 4.02. The maximum absolute atomic E-state index is 7.64. The minimum Gasteiger partial charge on any atom is -0.300 e. The molecule has 0 saturated heterocycles. The lowest BCUT2D eigenvalue weighted by molar-refractivity contribution is 1.43. The molecule has 1 aromatic carbocycles. The predicted octanol–water partition coefficient (Wildman–Crippen LogP) is 2.94. The minimum atomic E-state index is 0.571. The minimum absolute atomic E-state index is 0.571. The van der Waals surface area contributed by atoms with Gasteiger partial charge in [0.25, 0.3) is 0 Å². The van der Waals surface area contributed by atoms with Crippen LogP contribution in [-0.4, -0.2) is 5.71 Å². The van der Waals surface area contributed by atoms with Gasteiger partial charge in [-0.15, -0.1) is 0 Å². The van der Waals surface area contributed by atoms with Crippen molar-refractivity contribution in [3.05, 3.63) is 47.5 Å². The topological polar surface area (TPSA) is 23.9 Å². The molecular weight excluding hydrogens is 146 g/mol. The Morgan fingerprint density at radius 3 is 2.75 bits per heavy atom. The molecule has 0 spiro atoms. The van der Waals surface area contributed by atoms with E-state index in [0.29, 0.717) is 5.71 Å². The number of aryl methyl sites for hydroxylation is 1. The van der Waals surface area contributed by atoms with Crippen LogP contribution in [0.3, 0.4) is 0 Å². The van der Waals surface area contributed by atoms with Crippen LogP contribution in [0.25, 0.3) is 0 Å². The molecular formula is C11H13N. The van der Waals surface area contributed by atoms with Crippen molar-refractivity contribution in [2.45, 2.75) is 13.8 Å². The smallest absolute Gasteiger partial charge is 0.0609 e. The standard InChI is InChI=1S/C11H13N/c1-3-5-11(12)10-7-4-6-9(2)8-10/h3-8,12H,1-2H3/b5-3-,12-11?. The fourth-order valence-corrected chi connectivity index (χ4v) is 1.08. The lowest BCUT2D eigenvalue weighted by Gasteiger charge is -1.98. The van der Waals surface area contributed by atoms with Gasteiger partial charge in [0.05, 0.1) is 5.71 Å². The fraction of sp³-hybridized carbons (Fsp3) is 0.182. The molecule has 1 N–H and O–H groups in total. The molecule has 0 unspecified atom stereocenters. The summed E-state index contributed by atoms with van der Waals surface area (Å²) in [5.74, 6) is 0. The van der Waals surface area contributed by atoms with Crippen molar-refractivity contribution in [3.8, 4) is 0 Å². The molecule has 0 aliphatic carbocycles. The highest BCUT2D eigenvalue weighted by molar-refractivity contribution is 6.06. The van der Waals surface area contributed by atoms with Crippen LogP contribution in [0.5, 0.6) is 0 Å². The highest BCUT2D eigenvalue weighted by Crippen LogP contribution is 2.05. The van der Waals surface area contributed by atoms with Gasteiger partial charge in [0, 0.05) is 0 Å². The van der Waals surface area contributed by atoms with Crippen LogP contribution in [0.4, 0.5) is 0 Å². The Kier molecular flexibility index (Phi) is 2.81. The van der Waals surface area contributed by atoms with E-state index in [2.05, 4.69) is 0 Å². The van der Waals surface area contributed by atoms with Gasteiger partial charge in [0.1, 0.15) is 0 Å². The molecule has 1 nitrogen and oxygen atoms in total. The molecule has 0 atom stereocenters. The first kappa shape index (κ1) is 8.72. The molecule has 0 radical (unpaired) electrons. The van der Waals surface area contributed by atoms with Gasteiger partial charge in [-0.25, -0.2) is 0 Å². The fourth-order valence-electron chi connectivity index (χ4n) is 1.08. The van der Waals surface area contributed by atoms with Gasteiger partial charge in [0.2, 0.25) is 0 Å². The van der Waals surface area contributed by atoms with Crippen LogP contribution < -0.4 is 0 Å². The Hall–Kier alpha value is -1.37. The van der Waals surface area contributed by atoms with E-state index in [1.54, 1.807) is 6.08 Å². The normalized spacial score (nSPS) is 10.5. The first-order chi connectivity index (χ1) is 5.74. The number of allylic oxidation sites excluding steroid dienone is 2. The lowest BCUT2D eigenvalue weighted by atomic mass is 10.1. The van der Waals surface area contributed by atoms with Crippen molar-refractivity contribution >= 4 is 5.71 Å². The van der Waals surface area contributed by atoms with Crippen LogP contribution in [0.2, 0.25) is 0 Å². The third-order valence-electron chi connectivity index (χ3n) is 1.66. The maximum Gasteiger partial charge on any atom is 0.0609 e. The zero-order chi connectivity index (χ0) is 8.97. The van der Waals surface area contributed by atoms with Gasteiger partial charge in [-0.2, -0.15) is 0 Å². The summed E-state index contributed by atoms with van der Waals surface area (Å²) in [7, 11) is 0. The van der Waals surface area contributed by atoms with E-state index in [-0.39, 0.29) is 0 Å². The molecule has 0 heterocycles.